The number of carbonyl (C=O) groups excluding carboxylic acids is 1. The molecule has 3 rings (SSSR count). The molecule has 0 saturated carbocycles. The molecule has 0 unspecified atom stereocenters. The molecule has 1 aromatic heterocycles. The highest BCUT2D eigenvalue weighted by molar-refractivity contribution is 7.19. The Hall–Kier alpha value is -2.86. The molecule has 1 heterocycles. The highest BCUT2D eigenvalue weighted by Gasteiger charge is 2.06. The lowest BCUT2D eigenvalue weighted by Crippen LogP contribution is -2.29. The second-order valence-electron chi connectivity index (χ2n) is 5.86. The predicted octanol–water partition coefficient (Wildman–Crippen LogP) is 3.22. The molecule has 134 valence electrons. The van der Waals surface area contributed by atoms with Crippen molar-refractivity contribution in [1.29, 1.82) is 0 Å². The van der Waals surface area contributed by atoms with Crippen LogP contribution in [0.4, 0.5) is 0 Å². The van der Waals surface area contributed by atoms with E-state index in [0.29, 0.717) is 11.5 Å². The monoisotopic (exact) mass is 368 g/mol. The number of aryl methyl sites for hydroxylation is 2. The van der Waals surface area contributed by atoms with E-state index in [-0.39, 0.29) is 0 Å². The zero-order chi connectivity index (χ0) is 18.7. The second-order valence-corrected chi connectivity index (χ2v) is 6.92. The largest absolute Gasteiger partial charge is 0.546 e. The number of thiazole rings is 1. The summed E-state index contributed by atoms with van der Waals surface area (Å²) in [4.78, 5) is 15.2. The molecule has 0 aliphatic rings. The van der Waals surface area contributed by atoms with Gasteiger partial charge in [-0.05, 0) is 60.9 Å². The molecular formula is C20H18NO4S-. The molecule has 26 heavy (non-hydrogen) atoms. The summed E-state index contributed by atoms with van der Waals surface area (Å²) < 4.78 is 11.6. The lowest BCUT2D eigenvalue weighted by Gasteiger charge is -2.11. The van der Waals surface area contributed by atoms with Crippen LogP contribution in [0.3, 0.4) is 0 Å². The van der Waals surface area contributed by atoms with Gasteiger partial charge in [-0.25, -0.2) is 4.98 Å². The van der Waals surface area contributed by atoms with Crippen molar-refractivity contribution in [2.45, 2.75) is 13.8 Å². The van der Waals surface area contributed by atoms with E-state index >= 15 is 0 Å². The fourth-order valence-corrected chi connectivity index (χ4v) is 3.43. The SMILES string of the molecule is COc1cc(/C=C/c2nc3cc(C)c(C)cc3s2)ccc1OCC(=O)[O-]. The first-order valence-electron chi connectivity index (χ1n) is 8.03. The van der Waals surface area contributed by atoms with Gasteiger partial charge in [0.05, 0.1) is 23.3 Å². The molecule has 0 spiro atoms. The highest BCUT2D eigenvalue weighted by Crippen LogP contribution is 2.30. The van der Waals surface area contributed by atoms with Gasteiger partial charge >= 0.3 is 0 Å². The van der Waals surface area contributed by atoms with E-state index in [1.54, 1.807) is 23.5 Å². The van der Waals surface area contributed by atoms with Crippen molar-refractivity contribution >= 4 is 39.7 Å². The van der Waals surface area contributed by atoms with Gasteiger partial charge in [0.15, 0.2) is 11.5 Å². The van der Waals surface area contributed by atoms with Crippen LogP contribution in [0.5, 0.6) is 11.5 Å². The first kappa shape index (κ1) is 17.9. The third-order valence-electron chi connectivity index (χ3n) is 3.97. The van der Waals surface area contributed by atoms with Gasteiger partial charge < -0.3 is 19.4 Å². The van der Waals surface area contributed by atoms with Crippen molar-refractivity contribution in [1.82, 2.24) is 4.98 Å². The number of hydrogen-bond donors (Lipinski definition) is 0. The molecule has 3 aromatic rings. The molecule has 0 atom stereocenters. The van der Waals surface area contributed by atoms with Crippen LogP contribution in [0.25, 0.3) is 22.4 Å². The highest BCUT2D eigenvalue weighted by atomic mass is 32.1. The number of hydrogen-bond acceptors (Lipinski definition) is 6. The van der Waals surface area contributed by atoms with E-state index in [0.717, 1.165) is 20.8 Å². The van der Waals surface area contributed by atoms with Gasteiger partial charge in [-0.15, -0.1) is 11.3 Å². The molecule has 0 amide bonds. The van der Waals surface area contributed by atoms with Crippen LogP contribution < -0.4 is 14.6 Å². The molecule has 0 bridgehead atoms. The minimum atomic E-state index is -1.28. The number of rotatable bonds is 6. The molecule has 6 heteroatoms. The van der Waals surface area contributed by atoms with E-state index < -0.39 is 12.6 Å². The van der Waals surface area contributed by atoms with Crippen LogP contribution in [-0.4, -0.2) is 24.7 Å². The number of aliphatic carboxylic acids is 1. The topological polar surface area (TPSA) is 71.5 Å². The molecule has 0 fully saturated rings. The summed E-state index contributed by atoms with van der Waals surface area (Å²) in [6.07, 6.45) is 3.88. The maximum Gasteiger partial charge on any atom is 0.161 e. The number of carboxylic acid groups (broad SMARTS) is 1. The summed E-state index contributed by atoms with van der Waals surface area (Å²) in [5, 5.41) is 11.4. The molecular weight excluding hydrogens is 350 g/mol. The fourth-order valence-electron chi connectivity index (χ4n) is 2.48. The molecule has 2 aromatic carbocycles. The van der Waals surface area contributed by atoms with Crippen LogP contribution >= 0.6 is 11.3 Å². The first-order chi connectivity index (χ1) is 12.5. The molecule has 0 aliphatic heterocycles. The van der Waals surface area contributed by atoms with Crippen LogP contribution in [0.1, 0.15) is 21.7 Å². The maximum atomic E-state index is 10.5. The Kier molecular flexibility index (Phi) is 5.23. The molecule has 0 aliphatic carbocycles. The Balaban J connectivity index is 1.82. The number of carboxylic acids is 1. The quantitative estimate of drug-likeness (QED) is 0.668. The van der Waals surface area contributed by atoms with Gasteiger partial charge in [0, 0.05) is 0 Å². The Morgan fingerprint density at radius 2 is 1.92 bits per heavy atom. The summed E-state index contributed by atoms with van der Waals surface area (Å²) in [5.41, 5.74) is 4.39. The van der Waals surface area contributed by atoms with E-state index in [1.165, 1.54) is 18.2 Å². The Bertz CT molecular complexity index is 952. The van der Waals surface area contributed by atoms with E-state index in [2.05, 4.69) is 31.0 Å². The van der Waals surface area contributed by atoms with Crippen molar-refractivity contribution in [2.75, 3.05) is 13.7 Å². The van der Waals surface area contributed by atoms with Crippen LogP contribution in [0.15, 0.2) is 30.3 Å². The van der Waals surface area contributed by atoms with Crippen molar-refractivity contribution in [3.8, 4) is 11.5 Å². The molecule has 0 N–H and O–H groups in total. The average molecular weight is 368 g/mol. The normalized spacial score (nSPS) is 11.2. The van der Waals surface area contributed by atoms with Crippen LogP contribution in [0.2, 0.25) is 0 Å². The van der Waals surface area contributed by atoms with Gasteiger partial charge in [0.25, 0.3) is 0 Å². The van der Waals surface area contributed by atoms with Gasteiger partial charge in [-0.1, -0.05) is 12.1 Å². The third-order valence-corrected chi connectivity index (χ3v) is 4.96. The molecule has 0 radical (unpaired) electrons. The number of methoxy groups -OCH3 is 1. The minimum Gasteiger partial charge on any atom is -0.546 e. The Morgan fingerprint density at radius 3 is 2.65 bits per heavy atom. The van der Waals surface area contributed by atoms with Crippen molar-refractivity contribution in [3.05, 3.63) is 52.0 Å². The number of nitrogens with zero attached hydrogens (tertiary/aromatic N) is 1. The predicted molar refractivity (Wildman–Crippen MR) is 102 cm³/mol. The molecule has 0 saturated heterocycles. The maximum absolute atomic E-state index is 10.5. The van der Waals surface area contributed by atoms with Crippen molar-refractivity contribution < 1.29 is 19.4 Å². The van der Waals surface area contributed by atoms with Crippen LogP contribution in [0, 0.1) is 13.8 Å². The fraction of sp³-hybridized carbons (Fsp3) is 0.200. The number of benzene rings is 2. The van der Waals surface area contributed by atoms with Gasteiger partial charge in [0.1, 0.15) is 11.6 Å². The average Bonchev–Trinajstić information content (AvgIpc) is 3.00. The second kappa shape index (κ2) is 7.58. The van der Waals surface area contributed by atoms with Crippen molar-refractivity contribution in [3.63, 3.8) is 0 Å². The third kappa shape index (κ3) is 4.03. The molecule has 5 nitrogen and oxygen atoms in total. The van der Waals surface area contributed by atoms with Crippen molar-refractivity contribution in [2.24, 2.45) is 0 Å². The Labute approximate surface area is 155 Å². The summed E-state index contributed by atoms with van der Waals surface area (Å²) >= 11 is 1.64. The van der Waals surface area contributed by atoms with E-state index in [4.69, 9.17) is 9.47 Å². The summed E-state index contributed by atoms with van der Waals surface area (Å²) in [6.45, 7) is 3.66. The standard InChI is InChI=1S/C20H19NO4S/c1-12-8-15-18(9-13(12)2)26-19(21-15)7-5-14-4-6-16(17(10-14)24-3)25-11-20(22)23/h4-10H,11H2,1-3H3,(H,22,23)/p-1/b7-5+. The summed E-state index contributed by atoms with van der Waals surface area (Å²) in [5.74, 6) is -0.457. The lowest BCUT2D eigenvalue weighted by molar-refractivity contribution is -0.307. The minimum absolute atomic E-state index is 0.361. The smallest absolute Gasteiger partial charge is 0.161 e. The van der Waals surface area contributed by atoms with Crippen LogP contribution in [-0.2, 0) is 4.79 Å². The summed E-state index contributed by atoms with van der Waals surface area (Å²) in [6, 6.07) is 9.54. The first-order valence-corrected chi connectivity index (χ1v) is 8.84. The van der Waals surface area contributed by atoms with E-state index in [1.807, 2.05) is 18.2 Å². The van der Waals surface area contributed by atoms with Gasteiger partial charge in [-0.3, -0.25) is 0 Å². The van der Waals surface area contributed by atoms with E-state index in [9.17, 15) is 9.90 Å². The van der Waals surface area contributed by atoms with Gasteiger partial charge in [0.2, 0.25) is 0 Å². The van der Waals surface area contributed by atoms with Gasteiger partial charge in [-0.2, -0.15) is 0 Å². The zero-order valence-corrected chi connectivity index (χ0v) is 15.6. The Morgan fingerprint density at radius 1 is 1.15 bits per heavy atom. The number of fused-ring (bicyclic) bond motifs is 1. The number of carbonyl (C=O) groups is 1. The number of ether oxygens (including phenoxy) is 2. The number of aromatic nitrogens is 1. The summed E-state index contributed by atoms with van der Waals surface area (Å²) in [7, 11) is 1.51. The zero-order valence-electron chi connectivity index (χ0n) is 14.7. The lowest BCUT2D eigenvalue weighted by atomic mass is 10.1.